The van der Waals surface area contributed by atoms with Crippen LogP contribution in [0.1, 0.15) is 29.8 Å². The summed E-state index contributed by atoms with van der Waals surface area (Å²) in [5.41, 5.74) is -0.903. The predicted octanol–water partition coefficient (Wildman–Crippen LogP) is -0.529. The maximum absolute atomic E-state index is 14.0. The quantitative estimate of drug-likeness (QED) is 0.0929. The normalized spacial score (nSPS) is 38.7. The first-order valence-electron chi connectivity index (χ1n) is 14.5. The summed E-state index contributed by atoms with van der Waals surface area (Å²) in [6.07, 6.45) is -21.2. The van der Waals surface area contributed by atoms with Gasteiger partial charge in [-0.05, 0) is 12.1 Å². The number of aliphatic hydroxyl groups is 7. The van der Waals surface area contributed by atoms with E-state index in [0.717, 1.165) is 0 Å². The first-order chi connectivity index (χ1) is 22.7. The first kappa shape index (κ1) is 36.2. The zero-order valence-corrected chi connectivity index (χ0v) is 25.5. The number of benzene rings is 2. The number of nitro groups is 2. The molecule has 3 saturated heterocycles. The summed E-state index contributed by atoms with van der Waals surface area (Å²) in [7, 11) is -4.85. The molecule has 3 heterocycles. The zero-order chi connectivity index (χ0) is 34.9. The standard InChI is InChI=1S/C27H33N2O18P/c30-10-18-20(31)22(33)24(35)26(43-18)45-27-25(36)23(34)21(32)19(44-27)11-42-48(41)46-16(12-5-1-3-7-14(12)28(37)38)9-17(47-48)13-6-2-4-8-15(13)29(39)40/h1-8,16-27,30-36H,9-11H2/t16?,17?,18-,19?,20-,21-,22?,23?,24?,25+,26-,27-,48?/m1/s1. The molecule has 0 aromatic heterocycles. The van der Waals surface area contributed by atoms with Gasteiger partial charge in [-0.3, -0.25) is 33.8 Å². The Labute approximate surface area is 270 Å². The van der Waals surface area contributed by atoms with Gasteiger partial charge in [0.15, 0.2) is 12.6 Å². The second-order valence-electron chi connectivity index (χ2n) is 11.1. The van der Waals surface area contributed by atoms with Gasteiger partial charge in [0.05, 0.1) is 34.2 Å². The lowest BCUT2D eigenvalue weighted by Gasteiger charge is -2.44. The van der Waals surface area contributed by atoms with Gasteiger partial charge in [-0.1, -0.05) is 24.3 Å². The number of aliphatic hydroxyl groups excluding tert-OH is 7. The number of para-hydroxylation sites is 2. The summed E-state index contributed by atoms with van der Waals surface area (Å²) >= 11 is 0. The van der Waals surface area contributed by atoms with Gasteiger partial charge >= 0.3 is 7.82 Å². The molecule has 20 nitrogen and oxygen atoms in total. The van der Waals surface area contributed by atoms with E-state index < -0.39 is 116 Å². The van der Waals surface area contributed by atoms with Crippen molar-refractivity contribution in [2.45, 2.75) is 80.0 Å². The van der Waals surface area contributed by atoms with E-state index in [1.165, 1.54) is 48.5 Å². The van der Waals surface area contributed by atoms with Crippen LogP contribution in [0.25, 0.3) is 0 Å². The van der Waals surface area contributed by atoms with Crippen molar-refractivity contribution in [2.75, 3.05) is 13.2 Å². The largest absolute Gasteiger partial charge is 0.476 e. The highest BCUT2D eigenvalue weighted by molar-refractivity contribution is 7.48. The van der Waals surface area contributed by atoms with Crippen molar-refractivity contribution >= 4 is 19.2 Å². The number of rotatable bonds is 10. The SMILES string of the molecule is O=[N+]([O-])c1ccccc1C1CC(c2ccccc2[N+](=O)[O-])OP(=O)(OCC2O[C@H](O[C@H]3O[C@H](CO)[C@@H](O)C(O)C3O)[C@@H](O)C(O)[C@@H]2O)O1. The molecular weight excluding hydrogens is 671 g/mol. The van der Waals surface area contributed by atoms with Crippen molar-refractivity contribution in [3.05, 3.63) is 79.9 Å². The summed E-state index contributed by atoms with van der Waals surface area (Å²) in [5.74, 6) is 0. The molecule has 21 heteroatoms. The van der Waals surface area contributed by atoms with E-state index in [9.17, 15) is 60.5 Å². The molecule has 3 aliphatic heterocycles. The monoisotopic (exact) mass is 704 g/mol. The van der Waals surface area contributed by atoms with Crippen LogP contribution >= 0.6 is 7.82 Å². The predicted molar refractivity (Wildman–Crippen MR) is 154 cm³/mol. The van der Waals surface area contributed by atoms with Gasteiger partial charge in [-0.2, -0.15) is 0 Å². The van der Waals surface area contributed by atoms with Crippen LogP contribution in [0.2, 0.25) is 0 Å². The maximum Gasteiger partial charge on any atom is 0.476 e. The van der Waals surface area contributed by atoms with E-state index in [4.69, 9.17) is 27.8 Å². The van der Waals surface area contributed by atoms with Crippen LogP contribution in [-0.4, -0.2) is 120 Å². The third-order valence-corrected chi connectivity index (χ3v) is 9.57. The van der Waals surface area contributed by atoms with E-state index in [0.29, 0.717) is 0 Å². The van der Waals surface area contributed by atoms with E-state index in [-0.39, 0.29) is 17.5 Å². The molecule has 6 unspecified atom stereocenters. The van der Waals surface area contributed by atoms with Crippen molar-refractivity contribution < 1.29 is 77.9 Å². The lowest BCUT2D eigenvalue weighted by molar-refractivity contribution is -0.386. The highest BCUT2D eigenvalue weighted by Crippen LogP contribution is 2.63. The second kappa shape index (κ2) is 14.8. The van der Waals surface area contributed by atoms with Crippen molar-refractivity contribution in [1.82, 2.24) is 0 Å². The molecule has 48 heavy (non-hydrogen) atoms. The third-order valence-electron chi connectivity index (χ3n) is 8.08. The lowest BCUT2D eigenvalue weighted by Crippen LogP contribution is -2.63. The number of phosphoric acid groups is 1. The molecule has 264 valence electrons. The Hall–Kier alpha value is -3.05. The van der Waals surface area contributed by atoms with Crippen LogP contribution in [0.3, 0.4) is 0 Å². The van der Waals surface area contributed by atoms with Crippen LogP contribution in [0.4, 0.5) is 11.4 Å². The van der Waals surface area contributed by atoms with Crippen molar-refractivity contribution in [1.29, 1.82) is 0 Å². The smallest absolute Gasteiger partial charge is 0.394 e. The number of nitro benzene ring substituents is 2. The Morgan fingerprint density at radius 2 is 1.15 bits per heavy atom. The van der Waals surface area contributed by atoms with Gasteiger partial charge < -0.3 is 50.0 Å². The molecular formula is C27H33N2O18P. The third kappa shape index (κ3) is 7.42. The average molecular weight is 705 g/mol. The fourth-order valence-corrected chi connectivity index (χ4v) is 7.06. The highest BCUT2D eigenvalue weighted by Gasteiger charge is 2.51. The van der Waals surface area contributed by atoms with Gasteiger partial charge in [0.2, 0.25) is 0 Å². The molecule has 2 aromatic rings. The first-order valence-corrected chi connectivity index (χ1v) is 15.9. The van der Waals surface area contributed by atoms with Gasteiger partial charge in [-0.15, -0.1) is 0 Å². The van der Waals surface area contributed by atoms with E-state index in [1.807, 2.05) is 0 Å². The Bertz CT molecular complexity index is 1450. The van der Waals surface area contributed by atoms with Crippen molar-refractivity contribution in [3.8, 4) is 0 Å². The van der Waals surface area contributed by atoms with Crippen molar-refractivity contribution in [3.63, 3.8) is 0 Å². The van der Waals surface area contributed by atoms with Crippen LogP contribution in [-0.2, 0) is 32.3 Å². The summed E-state index contributed by atoms with van der Waals surface area (Å²) in [5, 5.41) is 95.0. The summed E-state index contributed by atoms with van der Waals surface area (Å²) in [4.78, 5) is 22.1. The fraction of sp³-hybridized carbons (Fsp3) is 0.556. The summed E-state index contributed by atoms with van der Waals surface area (Å²) < 4.78 is 46.8. The minimum atomic E-state index is -4.85. The van der Waals surface area contributed by atoms with E-state index >= 15 is 0 Å². The van der Waals surface area contributed by atoms with E-state index in [2.05, 4.69) is 0 Å². The topological polar surface area (TPSA) is 300 Å². The Balaban J connectivity index is 1.38. The molecule has 12 atom stereocenters. The molecule has 0 saturated carbocycles. The van der Waals surface area contributed by atoms with Crippen LogP contribution in [0, 0.1) is 20.2 Å². The zero-order valence-electron chi connectivity index (χ0n) is 24.6. The van der Waals surface area contributed by atoms with Crippen molar-refractivity contribution in [2.24, 2.45) is 0 Å². The highest BCUT2D eigenvalue weighted by atomic mass is 31.2. The number of hydrogen-bond acceptors (Lipinski definition) is 18. The van der Waals surface area contributed by atoms with Crippen LogP contribution < -0.4 is 0 Å². The molecule has 0 spiro atoms. The average Bonchev–Trinajstić information content (AvgIpc) is 3.07. The molecule has 2 aromatic carbocycles. The second-order valence-corrected chi connectivity index (χ2v) is 12.7. The maximum atomic E-state index is 14.0. The Morgan fingerprint density at radius 1 is 0.708 bits per heavy atom. The number of hydrogen-bond donors (Lipinski definition) is 7. The molecule has 3 aliphatic rings. The minimum absolute atomic E-state index is 0.0429. The number of phosphoric ester groups is 1. The Kier molecular flexibility index (Phi) is 11.2. The molecule has 0 amide bonds. The summed E-state index contributed by atoms with van der Waals surface area (Å²) in [6.45, 7) is -1.71. The van der Waals surface area contributed by atoms with Gasteiger partial charge in [0.1, 0.15) is 61.0 Å². The number of ether oxygens (including phenoxy) is 3. The minimum Gasteiger partial charge on any atom is -0.394 e. The molecule has 5 rings (SSSR count). The van der Waals surface area contributed by atoms with E-state index in [1.54, 1.807) is 0 Å². The van der Waals surface area contributed by atoms with Gasteiger partial charge in [0, 0.05) is 18.6 Å². The van der Waals surface area contributed by atoms with Gasteiger partial charge in [-0.25, -0.2) is 4.57 Å². The van der Waals surface area contributed by atoms with Crippen LogP contribution in [0.15, 0.2) is 48.5 Å². The number of nitrogens with zero attached hydrogens (tertiary/aromatic N) is 2. The molecule has 0 bridgehead atoms. The molecule has 7 N–H and O–H groups in total. The Morgan fingerprint density at radius 3 is 1.60 bits per heavy atom. The van der Waals surface area contributed by atoms with Gasteiger partial charge in [0.25, 0.3) is 11.4 Å². The lowest BCUT2D eigenvalue weighted by atomic mass is 9.97. The summed E-state index contributed by atoms with van der Waals surface area (Å²) in [6, 6.07) is 10.7. The molecule has 0 aliphatic carbocycles. The molecule has 3 fully saturated rings. The fourth-order valence-electron chi connectivity index (χ4n) is 5.54. The van der Waals surface area contributed by atoms with Crippen LogP contribution in [0.5, 0.6) is 0 Å². The molecule has 0 radical (unpaired) electrons.